The third-order valence-electron chi connectivity index (χ3n) is 7.69. The summed E-state index contributed by atoms with van der Waals surface area (Å²) < 4.78 is 30.3. The zero-order valence-corrected chi connectivity index (χ0v) is 22.7. The van der Waals surface area contributed by atoms with E-state index in [0.717, 1.165) is 18.5 Å². The Morgan fingerprint density at radius 1 is 1.18 bits per heavy atom. The number of aromatic nitrogens is 4. The van der Waals surface area contributed by atoms with Crippen molar-refractivity contribution in [3.63, 3.8) is 0 Å². The molecule has 5 rings (SSSR count). The Morgan fingerprint density at radius 3 is 2.62 bits per heavy atom. The summed E-state index contributed by atoms with van der Waals surface area (Å²) in [7, 11) is 1.52. The first-order chi connectivity index (χ1) is 19.2. The second-order valence-corrected chi connectivity index (χ2v) is 10.3. The van der Waals surface area contributed by atoms with Crippen molar-refractivity contribution in [3.05, 3.63) is 50.7 Å². The van der Waals surface area contributed by atoms with Gasteiger partial charge in [0.05, 0.1) is 17.1 Å². The van der Waals surface area contributed by atoms with E-state index in [0.29, 0.717) is 41.5 Å². The number of anilines is 3. The van der Waals surface area contributed by atoms with Gasteiger partial charge in [-0.1, -0.05) is 6.92 Å². The monoisotopic (exact) mass is 556 g/mol. The lowest BCUT2D eigenvalue weighted by Gasteiger charge is -2.32. The third kappa shape index (κ3) is 5.55. The number of piperidine rings is 1. The molecule has 0 saturated carbocycles. The van der Waals surface area contributed by atoms with Gasteiger partial charge in [-0.3, -0.25) is 19.0 Å². The maximum atomic E-state index is 13.7. The predicted octanol–water partition coefficient (Wildman–Crippen LogP) is 2.17. The van der Waals surface area contributed by atoms with Gasteiger partial charge in [-0.25, -0.2) is 13.8 Å². The Bertz CT molecular complexity index is 1520. The molecular weight excluding hydrogens is 522 g/mol. The molecule has 0 radical (unpaired) electrons. The number of aryl methyl sites for hydroxylation is 2. The van der Waals surface area contributed by atoms with E-state index in [2.05, 4.69) is 25.9 Å². The number of halogens is 2. The standard InChI is InChI=1S/C27H34F2N8O3/c1-3-17-15-32-26(35-12-8-27(28,29)9-13-35)34-23(17)33-18-4-5-20-21(14-18)36(11-7-22(38)30-2)24(39)25(40)37(20)19-6-10-31-16-19/h4-5,14-15,19,31H,3,6-13,16H2,1-2H3,(H,30,38)(H,32,33,34). The van der Waals surface area contributed by atoms with E-state index in [9.17, 15) is 23.2 Å². The van der Waals surface area contributed by atoms with Gasteiger partial charge in [-0.2, -0.15) is 4.98 Å². The fourth-order valence-corrected chi connectivity index (χ4v) is 5.33. The molecule has 2 aliphatic rings. The van der Waals surface area contributed by atoms with Gasteiger partial charge in [0.25, 0.3) is 5.92 Å². The first-order valence-corrected chi connectivity index (χ1v) is 13.7. The van der Waals surface area contributed by atoms with Crippen LogP contribution in [0, 0.1) is 0 Å². The van der Waals surface area contributed by atoms with Crippen LogP contribution in [0.3, 0.4) is 0 Å². The summed E-state index contributed by atoms with van der Waals surface area (Å²) in [6.45, 7) is 3.69. The average molecular weight is 557 g/mol. The molecule has 0 aliphatic carbocycles. The zero-order valence-electron chi connectivity index (χ0n) is 22.7. The Labute approximate surface area is 229 Å². The highest BCUT2D eigenvalue weighted by Gasteiger charge is 2.35. The molecule has 0 bridgehead atoms. The predicted molar refractivity (Wildman–Crippen MR) is 149 cm³/mol. The van der Waals surface area contributed by atoms with E-state index in [1.807, 2.05) is 13.0 Å². The lowest BCUT2D eigenvalue weighted by molar-refractivity contribution is -0.120. The Morgan fingerprint density at radius 2 is 1.95 bits per heavy atom. The molecule has 1 unspecified atom stereocenters. The van der Waals surface area contributed by atoms with Gasteiger partial charge in [-0.05, 0) is 37.6 Å². The molecule has 11 nitrogen and oxygen atoms in total. The molecule has 2 aliphatic heterocycles. The number of carbonyl (C=O) groups excluding carboxylic acids is 1. The third-order valence-corrected chi connectivity index (χ3v) is 7.69. The van der Waals surface area contributed by atoms with Gasteiger partial charge in [0.15, 0.2) is 0 Å². The number of fused-ring (bicyclic) bond motifs is 1. The average Bonchev–Trinajstić information content (AvgIpc) is 3.48. The van der Waals surface area contributed by atoms with Crippen LogP contribution in [0.2, 0.25) is 0 Å². The molecule has 4 heterocycles. The minimum atomic E-state index is -2.67. The number of hydrogen-bond donors (Lipinski definition) is 3. The minimum absolute atomic E-state index is 0.0434. The van der Waals surface area contributed by atoms with Crippen LogP contribution in [0.15, 0.2) is 34.0 Å². The fraction of sp³-hybridized carbons (Fsp3) is 0.519. The fourth-order valence-electron chi connectivity index (χ4n) is 5.33. The van der Waals surface area contributed by atoms with Gasteiger partial charge in [0, 0.05) is 69.9 Å². The van der Waals surface area contributed by atoms with Gasteiger partial charge in [0.1, 0.15) is 5.82 Å². The molecule has 3 N–H and O–H groups in total. The second-order valence-electron chi connectivity index (χ2n) is 10.3. The molecule has 13 heteroatoms. The summed E-state index contributed by atoms with van der Waals surface area (Å²) in [5, 5.41) is 9.11. The van der Waals surface area contributed by atoms with Crippen molar-refractivity contribution in [2.75, 3.05) is 43.4 Å². The van der Waals surface area contributed by atoms with Crippen LogP contribution in [0.1, 0.15) is 44.2 Å². The molecule has 2 saturated heterocycles. The maximum Gasteiger partial charge on any atom is 0.317 e. The van der Waals surface area contributed by atoms with Crippen LogP contribution in [0.4, 0.5) is 26.2 Å². The van der Waals surface area contributed by atoms with Crippen LogP contribution < -0.4 is 32.0 Å². The summed E-state index contributed by atoms with van der Waals surface area (Å²) in [6, 6.07) is 5.25. The zero-order chi connectivity index (χ0) is 28.4. The normalized spacial score (nSPS) is 18.7. The molecule has 2 fully saturated rings. The molecule has 1 aromatic carbocycles. The molecule has 40 heavy (non-hydrogen) atoms. The van der Waals surface area contributed by atoms with Crippen LogP contribution in [-0.4, -0.2) is 64.2 Å². The highest BCUT2D eigenvalue weighted by atomic mass is 19.3. The SMILES string of the molecule is CCc1cnc(N2CCC(F)(F)CC2)nc1Nc1ccc2c(c1)n(CCC(=O)NC)c(=O)c(=O)n2C1CCNC1. The Hall–Kier alpha value is -3.87. The van der Waals surface area contributed by atoms with Crippen LogP contribution in [0.25, 0.3) is 11.0 Å². The van der Waals surface area contributed by atoms with Crippen LogP contribution in [-0.2, 0) is 17.8 Å². The summed E-state index contributed by atoms with van der Waals surface area (Å²) >= 11 is 0. The van der Waals surface area contributed by atoms with Crippen molar-refractivity contribution >= 4 is 34.4 Å². The smallest absolute Gasteiger partial charge is 0.317 e. The van der Waals surface area contributed by atoms with E-state index in [1.165, 1.54) is 11.6 Å². The number of carbonyl (C=O) groups is 1. The lowest BCUT2D eigenvalue weighted by Crippen LogP contribution is -2.43. The number of amides is 1. The molecule has 0 spiro atoms. The Kier molecular flexibility index (Phi) is 7.83. The highest BCUT2D eigenvalue weighted by molar-refractivity contribution is 5.81. The lowest BCUT2D eigenvalue weighted by atomic mass is 10.1. The molecule has 1 atom stereocenters. The second kappa shape index (κ2) is 11.3. The van der Waals surface area contributed by atoms with Crippen molar-refractivity contribution in [2.24, 2.45) is 0 Å². The number of nitrogens with zero attached hydrogens (tertiary/aromatic N) is 5. The van der Waals surface area contributed by atoms with E-state index < -0.39 is 17.0 Å². The van der Waals surface area contributed by atoms with Crippen molar-refractivity contribution in [3.8, 4) is 0 Å². The summed E-state index contributed by atoms with van der Waals surface area (Å²) in [6.07, 6.45) is 2.61. The van der Waals surface area contributed by atoms with Crippen molar-refractivity contribution < 1.29 is 13.6 Å². The van der Waals surface area contributed by atoms with E-state index >= 15 is 0 Å². The molecule has 1 amide bonds. The van der Waals surface area contributed by atoms with E-state index in [-0.39, 0.29) is 50.8 Å². The van der Waals surface area contributed by atoms with E-state index in [1.54, 1.807) is 27.8 Å². The van der Waals surface area contributed by atoms with Gasteiger partial charge >= 0.3 is 11.1 Å². The van der Waals surface area contributed by atoms with Crippen LogP contribution in [0.5, 0.6) is 0 Å². The molecule has 214 valence electrons. The molecule has 3 aromatic rings. The number of hydrogen-bond acceptors (Lipinski definition) is 8. The Balaban J connectivity index is 1.54. The van der Waals surface area contributed by atoms with Crippen molar-refractivity contribution in [2.45, 2.75) is 57.5 Å². The number of rotatable bonds is 8. The van der Waals surface area contributed by atoms with Crippen LogP contribution >= 0.6 is 0 Å². The van der Waals surface area contributed by atoms with Gasteiger partial charge in [0.2, 0.25) is 11.9 Å². The maximum absolute atomic E-state index is 13.7. The molecular formula is C27H34F2N8O3. The first kappa shape index (κ1) is 27.7. The highest BCUT2D eigenvalue weighted by Crippen LogP contribution is 2.31. The molecule has 2 aromatic heterocycles. The van der Waals surface area contributed by atoms with Crippen molar-refractivity contribution in [1.29, 1.82) is 0 Å². The summed E-state index contributed by atoms with van der Waals surface area (Å²) in [4.78, 5) is 49.3. The number of benzene rings is 1. The summed E-state index contributed by atoms with van der Waals surface area (Å²) in [5.41, 5.74) is 1.30. The van der Waals surface area contributed by atoms with E-state index in [4.69, 9.17) is 0 Å². The minimum Gasteiger partial charge on any atom is -0.359 e. The number of nitrogens with one attached hydrogen (secondary N) is 3. The largest absolute Gasteiger partial charge is 0.359 e. The first-order valence-electron chi connectivity index (χ1n) is 13.7. The number of alkyl halides is 2. The topological polar surface area (TPSA) is 126 Å². The van der Waals surface area contributed by atoms with Gasteiger partial charge < -0.3 is 25.4 Å². The van der Waals surface area contributed by atoms with Crippen molar-refractivity contribution in [1.82, 2.24) is 29.7 Å². The quantitative estimate of drug-likeness (QED) is 0.361. The summed E-state index contributed by atoms with van der Waals surface area (Å²) in [5.74, 6) is -2.00. The van der Waals surface area contributed by atoms with Gasteiger partial charge in [-0.15, -0.1) is 0 Å².